The number of nitrogens with zero attached hydrogens (tertiary/aromatic N) is 1. The number of rotatable bonds is 8. The zero-order chi connectivity index (χ0) is 28.6. The van der Waals surface area contributed by atoms with Gasteiger partial charge < -0.3 is 10.5 Å². The average Bonchev–Trinajstić information content (AvgIpc) is 3.17. The van der Waals surface area contributed by atoms with Gasteiger partial charge in [0.05, 0.1) is 6.17 Å². The third kappa shape index (κ3) is 5.77. The molecule has 3 nitrogen and oxygen atoms in total. The summed E-state index contributed by atoms with van der Waals surface area (Å²) >= 11 is 0. The van der Waals surface area contributed by atoms with Crippen molar-refractivity contribution >= 4 is 23.8 Å². The van der Waals surface area contributed by atoms with Crippen molar-refractivity contribution in [3.05, 3.63) is 88.5 Å². The Morgan fingerprint density at radius 3 is 1.49 bits per heavy atom. The van der Waals surface area contributed by atoms with E-state index in [1.165, 1.54) is 44.7 Å². The molecule has 0 radical (unpaired) electrons. The van der Waals surface area contributed by atoms with E-state index in [2.05, 4.69) is 152 Å². The maximum atomic E-state index is 4.13. The first kappa shape index (κ1) is 29.3. The van der Waals surface area contributed by atoms with Gasteiger partial charge in [0.1, 0.15) is 0 Å². The summed E-state index contributed by atoms with van der Waals surface area (Å²) in [6.45, 7) is 25.5. The molecule has 0 spiro atoms. The van der Waals surface area contributed by atoms with Crippen molar-refractivity contribution < 1.29 is 0 Å². The van der Waals surface area contributed by atoms with E-state index in [1.807, 2.05) is 0 Å². The molecule has 4 heteroatoms. The van der Waals surface area contributed by atoms with Gasteiger partial charge in [-0.15, -0.1) is 0 Å². The molecular weight excluding hydrogens is 473 g/mol. The van der Waals surface area contributed by atoms with Gasteiger partial charge in [0.15, 0.2) is 0 Å². The molecule has 39 heavy (non-hydrogen) atoms. The number of hydrogen-bond donors (Lipinski definition) is 2. The molecule has 1 heterocycles. The lowest BCUT2D eigenvalue weighted by atomic mass is 9.65. The quantitative estimate of drug-likeness (QED) is 0.288. The summed E-state index contributed by atoms with van der Waals surface area (Å²) in [5.74, 6) is 1.75. The van der Waals surface area contributed by atoms with Gasteiger partial charge in [0, 0.05) is 16.9 Å². The van der Waals surface area contributed by atoms with Crippen LogP contribution in [-0.4, -0.2) is 17.3 Å². The Morgan fingerprint density at radius 2 is 1.05 bits per heavy atom. The lowest BCUT2D eigenvalue weighted by Crippen LogP contribution is -2.57. The Bertz CT molecular complexity index is 1140. The summed E-state index contributed by atoms with van der Waals surface area (Å²) in [7, 11) is 0. The van der Waals surface area contributed by atoms with E-state index >= 15 is 0 Å². The summed E-state index contributed by atoms with van der Waals surface area (Å²) < 4.78 is 0. The minimum atomic E-state index is -0.0934. The van der Waals surface area contributed by atoms with Crippen molar-refractivity contribution in [2.45, 2.75) is 112 Å². The maximum Gasteiger partial charge on any atom is 0.378 e. The normalized spacial score (nSPS) is 16.1. The van der Waals surface area contributed by atoms with E-state index in [-0.39, 0.29) is 18.7 Å². The predicted octanol–water partition coefficient (Wildman–Crippen LogP) is 9.21. The third-order valence-electron chi connectivity index (χ3n) is 8.22. The Morgan fingerprint density at radius 1 is 0.615 bits per heavy atom. The minimum Gasteiger partial charge on any atom is -0.410 e. The largest absolute Gasteiger partial charge is 0.410 e. The fourth-order valence-electron chi connectivity index (χ4n) is 6.24. The van der Waals surface area contributed by atoms with E-state index in [0.29, 0.717) is 23.7 Å². The molecule has 1 aliphatic heterocycles. The number of fused-ring (bicyclic) bond motifs is 1. The fourth-order valence-corrected chi connectivity index (χ4v) is 6.24. The summed E-state index contributed by atoms with van der Waals surface area (Å²) in [5, 5.41) is 8.26. The van der Waals surface area contributed by atoms with E-state index in [4.69, 9.17) is 0 Å². The van der Waals surface area contributed by atoms with E-state index in [0.717, 1.165) is 0 Å². The van der Waals surface area contributed by atoms with Gasteiger partial charge in [0.2, 0.25) is 0 Å². The van der Waals surface area contributed by atoms with Gasteiger partial charge in [-0.25, -0.2) is 0 Å². The van der Waals surface area contributed by atoms with Crippen LogP contribution in [0.2, 0.25) is 0 Å². The standard InChI is InChI=1S/C35H50BN3/c1-22(2)26-17-14-18-27(23(3)4)32(26)37-34-30-16-12-13-21-31(30)36(39(34)35(9,10)11)38-33-28(24(5)6)19-15-20-29(33)25(7)8/h12-25,34,37-38H,1-11H3. The highest BCUT2D eigenvalue weighted by molar-refractivity contribution is 6.75. The van der Waals surface area contributed by atoms with Crippen LogP contribution < -0.4 is 16.0 Å². The average molecular weight is 524 g/mol. The molecule has 208 valence electrons. The lowest BCUT2D eigenvalue weighted by molar-refractivity contribution is 0.212. The summed E-state index contributed by atoms with van der Waals surface area (Å²) in [4.78, 5) is 2.65. The summed E-state index contributed by atoms with van der Waals surface area (Å²) in [6, 6.07) is 22.6. The molecule has 0 saturated carbocycles. The topological polar surface area (TPSA) is 27.3 Å². The van der Waals surface area contributed by atoms with Crippen LogP contribution in [0.25, 0.3) is 0 Å². The van der Waals surface area contributed by atoms with E-state index < -0.39 is 0 Å². The van der Waals surface area contributed by atoms with Gasteiger partial charge >= 0.3 is 6.98 Å². The number of anilines is 2. The van der Waals surface area contributed by atoms with Crippen LogP contribution in [0.1, 0.15) is 134 Å². The second-order valence-corrected chi connectivity index (χ2v) is 13.5. The Kier molecular flexibility index (Phi) is 8.57. The molecule has 2 N–H and O–H groups in total. The van der Waals surface area contributed by atoms with Crippen LogP contribution in [0.15, 0.2) is 60.7 Å². The number of benzene rings is 3. The van der Waals surface area contributed by atoms with Gasteiger partial charge in [-0.2, -0.15) is 0 Å². The zero-order valence-corrected chi connectivity index (χ0v) is 26.2. The van der Waals surface area contributed by atoms with Crippen LogP contribution in [0.5, 0.6) is 0 Å². The highest BCUT2D eigenvalue weighted by atomic mass is 15.3. The second kappa shape index (κ2) is 11.4. The molecule has 0 amide bonds. The monoisotopic (exact) mass is 523 g/mol. The molecule has 1 atom stereocenters. The van der Waals surface area contributed by atoms with Gasteiger partial charge in [0.25, 0.3) is 0 Å². The molecule has 0 aliphatic carbocycles. The van der Waals surface area contributed by atoms with Crippen molar-refractivity contribution in [3.63, 3.8) is 0 Å². The smallest absolute Gasteiger partial charge is 0.378 e. The molecule has 0 saturated heterocycles. The third-order valence-corrected chi connectivity index (χ3v) is 8.22. The molecule has 0 aromatic heterocycles. The van der Waals surface area contributed by atoms with Crippen LogP contribution >= 0.6 is 0 Å². The molecule has 0 bridgehead atoms. The van der Waals surface area contributed by atoms with Gasteiger partial charge in [-0.3, -0.25) is 4.81 Å². The maximum absolute atomic E-state index is 4.13. The number of para-hydroxylation sites is 2. The van der Waals surface area contributed by atoms with Crippen molar-refractivity contribution in [2.24, 2.45) is 0 Å². The summed E-state index contributed by atoms with van der Waals surface area (Å²) in [6.07, 6.45) is 0.0461. The number of hydrogen-bond acceptors (Lipinski definition) is 3. The Balaban J connectivity index is 1.89. The zero-order valence-electron chi connectivity index (χ0n) is 26.2. The predicted molar refractivity (Wildman–Crippen MR) is 173 cm³/mol. The second-order valence-electron chi connectivity index (χ2n) is 13.5. The molecule has 4 rings (SSSR count). The molecule has 1 unspecified atom stereocenters. The van der Waals surface area contributed by atoms with Gasteiger partial charge in [-0.05, 0) is 77.7 Å². The molecule has 1 aliphatic rings. The van der Waals surface area contributed by atoms with E-state index in [9.17, 15) is 0 Å². The molecular formula is C35H50BN3. The van der Waals surface area contributed by atoms with E-state index in [1.54, 1.807) is 0 Å². The Hall–Kier alpha value is -2.72. The molecule has 3 aromatic rings. The minimum absolute atomic E-state index is 0.0461. The summed E-state index contributed by atoms with van der Waals surface area (Å²) in [5.41, 5.74) is 10.7. The highest BCUT2D eigenvalue weighted by Gasteiger charge is 2.48. The number of nitrogens with one attached hydrogen (secondary N) is 2. The van der Waals surface area contributed by atoms with Crippen molar-refractivity contribution in [3.8, 4) is 0 Å². The highest BCUT2D eigenvalue weighted by Crippen LogP contribution is 2.41. The first-order chi connectivity index (χ1) is 18.3. The first-order valence-electron chi connectivity index (χ1n) is 15.0. The van der Waals surface area contributed by atoms with Crippen LogP contribution in [0.3, 0.4) is 0 Å². The molecule has 0 fully saturated rings. The lowest BCUT2D eigenvalue weighted by Gasteiger charge is -2.42. The molecule has 3 aromatic carbocycles. The van der Waals surface area contributed by atoms with Crippen molar-refractivity contribution in [1.82, 2.24) is 4.81 Å². The fraction of sp³-hybridized carbons (Fsp3) is 0.486. The SMILES string of the molecule is CC(C)c1cccc(C(C)C)c1NB1c2ccccc2C(Nc2c(C(C)C)cccc2C(C)C)N1C(C)(C)C. The van der Waals surface area contributed by atoms with Crippen molar-refractivity contribution in [2.75, 3.05) is 10.5 Å². The van der Waals surface area contributed by atoms with Crippen LogP contribution in [0, 0.1) is 0 Å². The Labute approximate surface area is 238 Å². The first-order valence-corrected chi connectivity index (χ1v) is 15.0. The van der Waals surface area contributed by atoms with Crippen LogP contribution in [0.4, 0.5) is 11.4 Å². The van der Waals surface area contributed by atoms with Crippen LogP contribution in [-0.2, 0) is 0 Å². The van der Waals surface area contributed by atoms with Gasteiger partial charge in [-0.1, -0.05) is 116 Å². The van der Waals surface area contributed by atoms with Crippen molar-refractivity contribution in [1.29, 1.82) is 0 Å².